The Kier molecular flexibility index (Phi) is 4.45. The molecule has 2 N–H and O–H groups in total. The minimum atomic E-state index is -0.125. The number of anilines is 2. The van der Waals surface area contributed by atoms with Crippen LogP contribution in [0.15, 0.2) is 30.7 Å². The first-order valence-electron chi connectivity index (χ1n) is 7.84. The molecule has 1 amide bonds. The van der Waals surface area contributed by atoms with Gasteiger partial charge in [-0.25, -0.2) is 4.98 Å². The van der Waals surface area contributed by atoms with Gasteiger partial charge in [-0.15, -0.1) is 0 Å². The van der Waals surface area contributed by atoms with Crippen LogP contribution in [0.4, 0.5) is 11.5 Å². The number of amides is 1. The third-order valence-corrected chi connectivity index (χ3v) is 4.10. The Morgan fingerprint density at radius 3 is 3.04 bits per heavy atom. The summed E-state index contributed by atoms with van der Waals surface area (Å²) in [6, 6.07) is 3.82. The van der Waals surface area contributed by atoms with Crippen LogP contribution in [0.1, 0.15) is 23.2 Å². The molecule has 2 aromatic heterocycles. The van der Waals surface area contributed by atoms with Gasteiger partial charge in [0.05, 0.1) is 17.4 Å². The van der Waals surface area contributed by atoms with Crippen molar-refractivity contribution in [2.75, 3.05) is 30.4 Å². The molecule has 0 saturated carbocycles. The first-order chi connectivity index (χ1) is 11.2. The highest BCUT2D eigenvalue weighted by molar-refractivity contribution is 5.98. The topological polar surface area (TPSA) is 75.1 Å². The zero-order chi connectivity index (χ0) is 16.2. The van der Waals surface area contributed by atoms with Crippen molar-refractivity contribution >= 4 is 17.4 Å². The summed E-state index contributed by atoms with van der Waals surface area (Å²) in [5.74, 6) is 0.519. The van der Waals surface area contributed by atoms with E-state index in [0.29, 0.717) is 11.4 Å². The molecule has 3 heterocycles. The summed E-state index contributed by atoms with van der Waals surface area (Å²) in [6.07, 6.45) is 7.77. The number of nitrogens with zero attached hydrogens (tertiary/aromatic N) is 4. The van der Waals surface area contributed by atoms with E-state index < -0.39 is 0 Å². The van der Waals surface area contributed by atoms with Crippen molar-refractivity contribution in [1.82, 2.24) is 20.1 Å². The lowest BCUT2D eigenvalue weighted by Crippen LogP contribution is -2.42. The van der Waals surface area contributed by atoms with Gasteiger partial charge >= 0.3 is 0 Å². The van der Waals surface area contributed by atoms with Gasteiger partial charge in [0.15, 0.2) is 0 Å². The third kappa shape index (κ3) is 3.44. The number of pyridine rings is 1. The molecule has 7 nitrogen and oxygen atoms in total. The average molecular weight is 314 g/mol. The van der Waals surface area contributed by atoms with Crippen molar-refractivity contribution in [3.8, 4) is 0 Å². The molecule has 7 heteroatoms. The van der Waals surface area contributed by atoms with Crippen molar-refractivity contribution in [3.63, 3.8) is 0 Å². The second-order valence-corrected chi connectivity index (χ2v) is 5.78. The fourth-order valence-electron chi connectivity index (χ4n) is 2.93. The molecule has 1 saturated heterocycles. The molecule has 0 aromatic carbocycles. The van der Waals surface area contributed by atoms with Crippen LogP contribution >= 0.6 is 0 Å². The van der Waals surface area contributed by atoms with E-state index in [0.717, 1.165) is 31.6 Å². The zero-order valence-electron chi connectivity index (χ0n) is 13.5. The minimum Gasteiger partial charge on any atom is -0.367 e. The highest BCUT2D eigenvalue weighted by Crippen LogP contribution is 2.22. The van der Waals surface area contributed by atoms with Crippen LogP contribution in [0.5, 0.6) is 0 Å². The molecule has 0 bridgehead atoms. The standard InChI is InChI=1S/C16H22N6O/c1-17-16(23)14-6-3-7-18-15(14)20-12-5-4-8-22(10-12)13-9-19-21(2)11-13/h3,6-7,9,11-12H,4-5,8,10H2,1-2H3,(H,17,23)(H,18,20). The molecular weight excluding hydrogens is 292 g/mol. The SMILES string of the molecule is CNC(=O)c1cccnc1NC1CCCN(c2cnn(C)c2)C1. The van der Waals surface area contributed by atoms with Crippen LogP contribution in [0.2, 0.25) is 0 Å². The van der Waals surface area contributed by atoms with Crippen LogP contribution < -0.4 is 15.5 Å². The summed E-state index contributed by atoms with van der Waals surface area (Å²) < 4.78 is 1.81. The van der Waals surface area contributed by atoms with Crippen molar-refractivity contribution in [2.45, 2.75) is 18.9 Å². The summed E-state index contributed by atoms with van der Waals surface area (Å²) >= 11 is 0. The van der Waals surface area contributed by atoms with Crippen molar-refractivity contribution in [1.29, 1.82) is 0 Å². The van der Waals surface area contributed by atoms with Gasteiger partial charge in [0.1, 0.15) is 5.82 Å². The first-order valence-corrected chi connectivity index (χ1v) is 7.84. The van der Waals surface area contributed by atoms with Gasteiger partial charge in [0, 0.05) is 45.6 Å². The number of rotatable bonds is 4. The van der Waals surface area contributed by atoms with Crippen LogP contribution in [0.25, 0.3) is 0 Å². The Morgan fingerprint density at radius 2 is 2.30 bits per heavy atom. The summed E-state index contributed by atoms with van der Waals surface area (Å²) in [5, 5.41) is 10.3. The van der Waals surface area contributed by atoms with Crippen LogP contribution in [-0.4, -0.2) is 46.9 Å². The lowest BCUT2D eigenvalue weighted by molar-refractivity contribution is 0.0963. The molecule has 122 valence electrons. The van der Waals surface area contributed by atoms with E-state index in [4.69, 9.17) is 0 Å². The normalized spacial score (nSPS) is 17.8. The van der Waals surface area contributed by atoms with Gasteiger partial charge in [-0.1, -0.05) is 0 Å². The zero-order valence-corrected chi connectivity index (χ0v) is 13.5. The number of hydrogen-bond acceptors (Lipinski definition) is 5. The molecule has 1 aliphatic rings. The molecule has 0 aliphatic carbocycles. The largest absolute Gasteiger partial charge is 0.367 e. The number of hydrogen-bond donors (Lipinski definition) is 2. The molecule has 1 unspecified atom stereocenters. The molecule has 1 aliphatic heterocycles. The maximum Gasteiger partial charge on any atom is 0.254 e. The fourth-order valence-corrected chi connectivity index (χ4v) is 2.93. The van der Waals surface area contributed by atoms with Gasteiger partial charge in [-0.3, -0.25) is 9.48 Å². The predicted octanol–water partition coefficient (Wildman–Crippen LogP) is 1.26. The summed E-state index contributed by atoms with van der Waals surface area (Å²) in [4.78, 5) is 18.6. The Morgan fingerprint density at radius 1 is 1.43 bits per heavy atom. The highest BCUT2D eigenvalue weighted by atomic mass is 16.1. The van der Waals surface area contributed by atoms with Gasteiger partial charge in [0.25, 0.3) is 5.91 Å². The van der Waals surface area contributed by atoms with Crippen molar-refractivity contribution in [2.24, 2.45) is 7.05 Å². The van der Waals surface area contributed by atoms with Crippen molar-refractivity contribution in [3.05, 3.63) is 36.3 Å². The van der Waals surface area contributed by atoms with Crippen LogP contribution in [0, 0.1) is 0 Å². The minimum absolute atomic E-state index is 0.125. The Hall–Kier alpha value is -2.57. The number of nitrogens with one attached hydrogen (secondary N) is 2. The first kappa shape index (κ1) is 15.3. The Labute approximate surface area is 135 Å². The third-order valence-electron chi connectivity index (χ3n) is 4.10. The number of piperidine rings is 1. The highest BCUT2D eigenvalue weighted by Gasteiger charge is 2.22. The molecule has 2 aromatic rings. The van der Waals surface area contributed by atoms with Crippen LogP contribution in [-0.2, 0) is 7.05 Å². The van der Waals surface area contributed by atoms with Crippen LogP contribution in [0.3, 0.4) is 0 Å². The second kappa shape index (κ2) is 6.68. The average Bonchev–Trinajstić information content (AvgIpc) is 3.01. The second-order valence-electron chi connectivity index (χ2n) is 5.78. The van der Waals surface area contributed by atoms with E-state index in [1.165, 1.54) is 0 Å². The quantitative estimate of drug-likeness (QED) is 0.888. The summed E-state index contributed by atoms with van der Waals surface area (Å²) in [5.41, 5.74) is 1.71. The number of carbonyl (C=O) groups is 1. The Bertz CT molecular complexity index is 683. The fraction of sp³-hybridized carbons (Fsp3) is 0.438. The monoisotopic (exact) mass is 314 g/mol. The predicted molar refractivity (Wildman–Crippen MR) is 89.7 cm³/mol. The van der Waals surface area contributed by atoms with E-state index in [2.05, 4.69) is 25.6 Å². The molecule has 0 spiro atoms. The number of carbonyl (C=O) groups excluding carboxylic acids is 1. The molecule has 23 heavy (non-hydrogen) atoms. The molecular formula is C16H22N6O. The van der Waals surface area contributed by atoms with E-state index >= 15 is 0 Å². The molecule has 0 radical (unpaired) electrons. The molecule has 1 fully saturated rings. The lowest BCUT2D eigenvalue weighted by atomic mass is 10.0. The lowest BCUT2D eigenvalue weighted by Gasteiger charge is -2.34. The Balaban J connectivity index is 1.72. The van der Waals surface area contributed by atoms with E-state index in [1.54, 1.807) is 25.4 Å². The summed E-state index contributed by atoms with van der Waals surface area (Å²) in [6.45, 7) is 1.89. The number of aryl methyl sites for hydroxylation is 1. The molecule has 1 atom stereocenters. The molecule has 3 rings (SSSR count). The maximum atomic E-state index is 12.0. The van der Waals surface area contributed by atoms with Gasteiger partial charge < -0.3 is 15.5 Å². The maximum absolute atomic E-state index is 12.0. The van der Waals surface area contributed by atoms with Gasteiger partial charge in [0.2, 0.25) is 0 Å². The van der Waals surface area contributed by atoms with Gasteiger partial charge in [-0.05, 0) is 25.0 Å². The van der Waals surface area contributed by atoms with E-state index in [9.17, 15) is 4.79 Å². The van der Waals surface area contributed by atoms with E-state index in [1.807, 2.05) is 24.1 Å². The van der Waals surface area contributed by atoms with Gasteiger partial charge in [-0.2, -0.15) is 5.10 Å². The van der Waals surface area contributed by atoms with Crippen molar-refractivity contribution < 1.29 is 4.79 Å². The smallest absolute Gasteiger partial charge is 0.254 e. The van der Waals surface area contributed by atoms with E-state index in [-0.39, 0.29) is 11.9 Å². The number of aromatic nitrogens is 3. The summed E-state index contributed by atoms with van der Waals surface area (Å²) in [7, 11) is 3.55.